The minimum atomic E-state index is -1.48. The molecule has 0 saturated heterocycles. The molecule has 5 atom stereocenters. The maximum atomic E-state index is 13.4. The molecule has 1 aromatic rings. The van der Waals surface area contributed by atoms with E-state index < -0.39 is 90.9 Å². The molecule has 0 aliphatic rings. The van der Waals surface area contributed by atoms with Crippen LogP contribution in [-0.2, 0) is 40.0 Å². The summed E-state index contributed by atoms with van der Waals surface area (Å²) in [5.41, 5.74) is 16.4. The van der Waals surface area contributed by atoms with Gasteiger partial charge in [0.25, 0.3) is 0 Å². The summed E-state index contributed by atoms with van der Waals surface area (Å²) in [4.78, 5) is 85.1. The van der Waals surface area contributed by atoms with Crippen molar-refractivity contribution in [3.63, 3.8) is 0 Å². The molecule has 0 unspecified atom stereocenters. The molecule has 0 saturated carbocycles. The molecular weight excluding hydrogens is 542 g/mol. The fourth-order valence-corrected chi connectivity index (χ4v) is 3.56. The van der Waals surface area contributed by atoms with Crippen molar-refractivity contribution in [1.29, 1.82) is 0 Å². The van der Waals surface area contributed by atoms with Crippen LogP contribution in [0, 0.1) is 5.92 Å². The number of carboxylic acids is 1. The molecule has 0 aliphatic heterocycles. The van der Waals surface area contributed by atoms with Crippen molar-refractivity contribution in [2.75, 3.05) is 6.54 Å². The van der Waals surface area contributed by atoms with Gasteiger partial charge in [-0.3, -0.25) is 33.6 Å². The van der Waals surface area contributed by atoms with Crippen LogP contribution < -0.4 is 38.5 Å². The van der Waals surface area contributed by atoms with Crippen LogP contribution in [0.25, 0.3) is 0 Å². The molecule has 16 nitrogen and oxygen atoms in total. The number of aromatic hydroxyl groups is 1. The first kappa shape index (κ1) is 34.3. The molecule has 0 fully saturated rings. The SMILES string of the molecule is CC[C@H](C)[C@H](NC(=O)[C@H](Cc1ccc(O)cc1)NC(=O)[C@@H](N)CC(=O)O)C(=O)N[C@@H](CC(N)=O)C(=O)NCC(N)=O. The summed E-state index contributed by atoms with van der Waals surface area (Å²) in [5, 5.41) is 27.9. The van der Waals surface area contributed by atoms with Gasteiger partial charge in [-0.05, 0) is 23.6 Å². The van der Waals surface area contributed by atoms with E-state index in [9.17, 15) is 38.7 Å². The van der Waals surface area contributed by atoms with Crippen LogP contribution in [0.3, 0.4) is 0 Å². The quantitative estimate of drug-likeness (QED) is 0.0886. The van der Waals surface area contributed by atoms with E-state index in [4.69, 9.17) is 22.3 Å². The number of carbonyl (C=O) groups excluding carboxylic acids is 6. The zero-order valence-electron chi connectivity index (χ0n) is 22.7. The molecule has 226 valence electrons. The molecule has 1 aromatic carbocycles. The molecular formula is C25H37N7O9. The van der Waals surface area contributed by atoms with Gasteiger partial charge in [0.2, 0.25) is 35.4 Å². The van der Waals surface area contributed by atoms with Crippen molar-refractivity contribution in [3.05, 3.63) is 29.8 Å². The van der Waals surface area contributed by atoms with E-state index in [1.807, 2.05) is 0 Å². The van der Waals surface area contributed by atoms with Crippen LogP contribution in [-0.4, -0.2) is 82.3 Å². The molecule has 0 heterocycles. The maximum Gasteiger partial charge on any atom is 0.305 e. The standard InChI is InChI=1S/C25H37N7O9/c1-3-12(2)21(25(41)31-17(10-18(27)34)23(39)29-11-19(28)35)32-24(40)16(8-13-4-6-14(33)7-5-13)30-22(38)15(26)9-20(36)37/h4-7,12,15-17,21,33H,3,8-11,26H2,1-2H3,(H2,27,34)(H2,28,35)(H,29,39)(H,30,38)(H,31,41)(H,32,40)(H,36,37)/t12-,15-,16-,17-,21-/m0/s1. The number of primary amides is 2. The average molecular weight is 580 g/mol. The summed E-state index contributed by atoms with van der Waals surface area (Å²) in [7, 11) is 0. The Labute approximate surface area is 235 Å². The lowest BCUT2D eigenvalue weighted by Gasteiger charge is -2.28. The van der Waals surface area contributed by atoms with Crippen LogP contribution >= 0.6 is 0 Å². The second kappa shape index (κ2) is 16.4. The highest BCUT2D eigenvalue weighted by Crippen LogP contribution is 2.13. The number of amides is 6. The summed E-state index contributed by atoms with van der Waals surface area (Å²) in [6.07, 6.45) is -1.05. The summed E-state index contributed by atoms with van der Waals surface area (Å²) >= 11 is 0. The normalized spacial score (nSPS) is 14.3. The molecule has 12 N–H and O–H groups in total. The van der Waals surface area contributed by atoms with E-state index in [0.717, 1.165) is 0 Å². The summed E-state index contributed by atoms with van der Waals surface area (Å²) in [6.45, 7) is 2.81. The zero-order chi connectivity index (χ0) is 31.3. The third-order valence-corrected chi connectivity index (χ3v) is 6.01. The number of hydrogen-bond acceptors (Lipinski definition) is 9. The number of rotatable bonds is 17. The van der Waals surface area contributed by atoms with E-state index in [1.165, 1.54) is 24.3 Å². The largest absolute Gasteiger partial charge is 0.508 e. The van der Waals surface area contributed by atoms with Gasteiger partial charge in [0.05, 0.1) is 25.4 Å². The molecule has 0 radical (unpaired) electrons. The highest BCUT2D eigenvalue weighted by molar-refractivity contribution is 5.97. The Bertz CT molecular complexity index is 1130. The number of phenolic OH excluding ortho intramolecular Hbond substituents is 1. The smallest absolute Gasteiger partial charge is 0.305 e. The Balaban J connectivity index is 3.22. The summed E-state index contributed by atoms with van der Waals surface area (Å²) in [5.74, 6) is -7.20. The Morgan fingerprint density at radius 2 is 1.39 bits per heavy atom. The van der Waals surface area contributed by atoms with E-state index in [-0.39, 0.29) is 12.2 Å². The monoisotopic (exact) mass is 579 g/mol. The van der Waals surface area contributed by atoms with Gasteiger partial charge in [0.15, 0.2) is 0 Å². The van der Waals surface area contributed by atoms with E-state index in [0.29, 0.717) is 12.0 Å². The highest BCUT2D eigenvalue weighted by Gasteiger charge is 2.33. The van der Waals surface area contributed by atoms with Gasteiger partial charge in [-0.25, -0.2) is 0 Å². The number of carboxylic acid groups (broad SMARTS) is 1. The predicted octanol–water partition coefficient (Wildman–Crippen LogP) is -3.29. The molecule has 1 rings (SSSR count). The van der Waals surface area contributed by atoms with E-state index in [2.05, 4.69) is 21.3 Å². The topological polar surface area (TPSA) is 286 Å². The Morgan fingerprint density at radius 3 is 1.90 bits per heavy atom. The second-order valence-corrected chi connectivity index (χ2v) is 9.42. The summed E-state index contributed by atoms with van der Waals surface area (Å²) < 4.78 is 0. The maximum absolute atomic E-state index is 13.4. The third-order valence-electron chi connectivity index (χ3n) is 6.01. The first-order chi connectivity index (χ1) is 19.1. The van der Waals surface area contributed by atoms with Crippen molar-refractivity contribution in [1.82, 2.24) is 21.3 Å². The van der Waals surface area contributed by atoms with Crippen LogP contribution in [0.1, 0.15) is 38.7 Å². The minimum absolute atomic E-state index is 0.0406. The predicted molar refractivity (Wildman–Crippen MR) is 143 cm³/mol. The average Bonchev–Trinajstić information content (AvgIpc) is 2.89. The van der Waals surface area contributed by atoms with E-state index in [1.54, 1.807) is 13.8 Å². The fraction of sp³-hybridized carbons (Fsp3) is 0.480. The minimum Gasteiger partial charge on any atom is -0.508 e. The number of hydrogen-bond donors (Lipinski definition) is 9. The lowest BCUT2D eigenvalue weighted by Crippen LogP contribution is -2.60. The van der Waals surface area contributed by atoms with Crippen LogP contribution in [0.2, 0.25) is 0 Å². The van der Waals surface area contributed by atoms with Gasteiger partial charge in [0.1, 0.15) is 23.9 Å². The number of nitrogens with one attached hydrogen (secondary N) is 4. The lowest BCUT2D eigenvalue weighted by molar-refractivity contribution is -0.140. The van der Waals surface area contributed by atoms with Crippen LogP contribution in [0.4, 0.5) is 0 Å². The van der Waals surface area contributed by atoms with Gasteiger partial charge < -0.3 is 48.7 Å². The van der Waals surface area contributed by atoms with Gasteiger partial charge in [-0.2, -0.15) is 0 Å². The lowest BCUT2D eigenvalue weighted by atomic mass is 9.96. The van der Waals surface area contributed by atoms with Gasteiger partial charge in [0, 0.05) is 6.42 Å². The number of phenols is 1. The second-order valence-electron chi connectivity index (χ2n) is 9.42. The fourth-order valence-electron chi connectivity index (χ4n) is 3.56. The molecule has 6 amide bonds. The first-order valence-corrected chi connectivity index (χ1v) is 12.6. The zero-order valence-corrected chi connectivity index (χ0v) is 22.7. The van der Waals surface area contributed by atoms with Crippen molar-refractivity contribution in [2.45, 2.75) is 63.7 Å². The first-order valence-electron chi connectivity index (χ1n) is 12.6. The van der Waals surface area contributed by atoms with E-state index >= 15 is 0 Å². The molecule has 0 bridgehead atoms. The Morgan fingerprint density at radius 1 is 0.805 bits per heavy atom. The van der Waals surface area contributed by atoms with Crippen molar-refractivity contribution in [2.24, 2.45) is 23.1 Å². The van der Waals surface area contributed by atoms with Gasteiger partial charge >= 0.3 is 5.97 Å². The van der Waals surface area contributed by atoms with Crippen LogP contribution in [0.5, 0.6) is 5.75 Å². The van der Waals surface area contributed by atoms with Gasteiger partial charge in [-0.1, -0.05) is 32.4 Å². The number of nitrogens with two attached hydrogens (primary N) is 3. The number of benzene rings is 1. The Hall–Kier alpha value is -4.73. The number of aliphatic carboxylic acids is 1. The van der Waals surface area contributed by atoms with Crippen molar-refractivity contribution >= 4 is 41.4 Å². The molecule has 0 aromatic heterocycles. The number of carbonyl (C=O) groups is 7. The summed E-state index contributed by atoms with van der Waals surface area (Å²) in [6, 6.07) is 0.174. The Kier molecular flexibility index (Phi) is 13.7. The van der Waals surface area contributed by atoms with Crippen LogP contribution in [0.15, 0.2) is 24.3 Å². The van der Waals surface area contributed by atoms with Crippen molar-refractivity contribution in [3.8, 4) is 5.75 Å². The molecule has 41 heavy (non-hydrogen) atoms. The molecule has 0 spiro atoms. The highest BCUT2D eigenvalue weighted by atomic mass is 16.4. The van der Waals surface area contributed by atoms with Crippen molar-refractivity contribution < 1.29 is 43.8 Å². The molecule has 16 heteroatoms. The molecule has 0 aliphatic carbocycles. The van der Waals surface area contributed by atoms with Gasteiger partial charge in [-0.15, -0.1) is 0 Å². The third kappa shape index (κ3) is 12.3.